The van der Waals surface area contributed by atoms with Crippen LogP contribution in [0.25, 0.3) is 0 Å². The van der Waals surface area contributed by atoms with Crippen LogP contribution in [0.2, 0.25) is 0 Å². The molecule has 0 bridgehead atoms. The lowest BCUT2D eigenvalue weighted by Gasteiger charge is -2.35. The van der Waals surface area contributed by atoms with E-state index in [0.29, 0.717) is 6.42 Å². The molecule has 218 valence electrons. The van der Waals surface area contributed by atoms with Crippen LogP contribution < -0.4 is 9.62 Å². The van der Waals surface area contributed by atoms with E-state index in [-0.39, 0.29) is 28.7 Å². The lowest BCUT2D eigenvalue weighted by Crippen LogP contribution is -2.55. The molecule has 0 aliphatic heterocycles. The first-order valence-corrected chi connectivity index (χ1v) is 14.7. The fraction of sp³-hybridized carbons (Fsp3) is 0.333. The van der Waals surface area contributed by atoms with Gasteiger partial charge in [-0.3, -0.25) is 24.0 Å². The second-order valence-corrected chi connectivity index (χ2v) is 12.6. The molecule has 0 saturated carbocycles. The van der Waals surface area contributed by atoms with E-state index in [1.165, 1.54) is 41.3 Å². The van der Waals surface area contributed by atoms with Crippen molar-refractivity contribution in [3.63, 3.8) is 0 Å². The molecule has 0 heterocycles. The first-order valence-electron chi connectivity index (χ1n) is 13.2. The van der Waals surface area contributed by atoms with Gasteiger partial charge in [0, 0.05) is 24.2 Å². The first kappa shape index (κ1) is 31.3. The maximum Gasteiger partial charge on any atom is 0.269 e. The highest BCUT2D eigenvalue weighted by Gasteiger charge is 2.34. The van der Waals surface area contributed by atoms with E-state index in [9.17, 15) is 28.1 Å². The quantitative estimate of drug-likeness (QED) is 0.256. The van der Waals surface area contributed by atoms with Gasteiger partial charge in [0.15, 0.2) is 0 Å². The fourth-order valence-electron chi connectivity index (χ4n) is 4.33. The van der Waals surface area contributed by atoms with Gasteiger partial charge in [-0.25, -0.2) is 8.42 Å². The number of nitrogens with one attached hydrogen (secondary N) is 1. The summed E-state index contributed by atoms with van der Waals surface area (Å²) in [5, 5.41) is 14.1. The molecule has 1 N–H and O–H groups in total. The zero-order valence-electron chi connectivity index (χ0n) is 23.9. The lowest BCUT2D eigenvalue weighted by atomic mass is 10.0. The molecule has 0 radical (unpaired) electrons. The Bertz CT molecular complexity index is 1490. The van der Waals surface area contributed by atoms with Crippen molar-refractivity contribution in [1.29, 1.82) is 0 Å². The van der Waals surface area contributed by atoms with E-state index in [0.717, 1.165) is 15.4 Å². The van der Waals surface area contributed by atoms with Gasteiger partial charge in [0.05, 0.1) is 15.5 Å². The van der Waals surface area contributed by atoms with E-state index in [4.69, 9.17) is 0 Å². The summed E-state index contributed by atoms with van der Waals surface area (Å²) in [6.45, 7) is 8.67. The summed E-state index contributed by atoms with van der Waals surface area (Å²) in [5.74, 6) is -0.947. The molecule has 0 aliphatic carbocycles. The Balaban J connectivity index is 2.09. The number of nitro benzene ring substituents is 1. The van der Waals surface area contributed by atoms with E-state index >= 15 is 0 Å². The van der Waals surface area contributed by atoms with Crippen molar-refractivity contribution in [3.8, 4) is 0 Å². The summed E-state index contributed by atoms with van der Waals surface area (Å²) in [6.07, 6.45) is 0.294. The largest absolute Gasteiger partial charge is 0.350 e. The number of sulfonamides is 1. The molecule has 0 unspecified atom stereocenters. The number of non-ortho nitro benzene ring substituents is 1. The van der Waals surface area contributed by atoms with Crippen LogP contribution >= 0.6 is 0 Å². The van der Waals surface area contributed by atoms with Crippen LogP contribution in [0.15, 0.2) is 83.8 Å². The molecule has 41 heavy (non-hydrogen) atoms. The summed E-state index contributed by atoms with van der Waals surface area (Å²) in [6, 6.07) is 19.2. The predicted octanol–water partition coefficient (Wildman–Crippen LogP) is 4.82. The van der Waals surface area contributed by atoms with Gasteiger partial charge in [-0.05, 0) is 69.5 Å². The van der Waals surface area contributed by atoms with Gasteiger partial charge >= 0.3 is 0 Å². The number of anilines is 1. The highest BCUT2D eigenvalue weighted by molar-refractivity contribution is 7.92. The molecule has 2 amide bonds. The molecule has 0 spiro atoms. The molecule has 0 aromatic heterocycles. The Morgan fingerprint density at radius 1 is 0.951 bits per heavy atom. The van der Waals surface area contributed by atoms with Gasteiger partial charge in [0.25, 0.3) is 15.7 Å². The van der Waals surface area contributed by atoms with Gasteiger partial charge in [0.1, 0.15) is 12.6 Å². The number of rotatable bonds is 11. The topological polar surface area (TPSA) is 130 Å². The molecular weight excluding hydrogens is 544 g/mol. The highest BCUT2D eigenvalue weighted by Crippen LogP contribution is 2.27. The minimum atomic E-state index is -4.26. The summed E-state index contributed by atoms with van der Waals surface area (Å²) in [4.78, 5) is 39.5. The van der Waals surface area contributed by atoms with Crippen molar-refractivity contribution in [2.75, 3.05) is 10.8 Å². The molecule has 3 rings (SSSR count). The molecular formula is C30H36N4O6S. The second kappa shape index (κ2) is 12.9. The Kier molecular flexibility index (Phi) is 9.88. The molecule has 1 atom stereocenters. The van der Waals surface area contributed by atoms with E-state index in [2.05, 4.69) is 5.32 Å². The Labute approximate surface area is 241 Å². The minimum absolute atomic E-state index is 0.0471. The van der Waals surface area contributed by atoms with Crippen LogP contribution in [0.1, 0.15) is 45.2 Å². The number of hydrogen-bond acceptors (Lipinski definition) is 6. The number of hydrogen-bond donors (Lipinski definition) is 1. The first-order chi connectivity index (χ1) is 19.2. The van der Waals surface area contributed by atoms with Crippen LogP contribution in [-0.4, -0.2) is 48.2 Å². The number of nitro groups is 1. The van der Waals surface area contributed by atoms with Crippen molar-refractivity contribution < 1.29 is 22.9 Å². The minimum Gasteiger partial charge on any atom is -0.350 e. The SMILES string of the molecule is CC[C@H](C(=O)NC(C)(C)C)N(Cc1ccccc1C)C(=O)CN(c1ccc([N+](=O)[O-])cc1)S(=O)(=O)c1ccccc1. The van der Waals surface area contributed by atoms with Crippen LogP contribution in [0.5, 0.6) is 0 Å². The van der Waals surface area contributed by atoms with Crippen molar-refractivity contribution in [3.05, 3.63) is 100 Å². The van der Waals surface area contributed by atoms with Gasteiger partial charge in [-0.15, -0.1) is 0 Å². The van der Waals surface area contributed by atoms with E-state index in [1.54, 1.807) is 25.1 Å². The van der Waals surface area contributed by atoms with E-state index in [1.807, 2.05) is 52.0 Å². The van der Waals surface area contributed by atoms with Crippen LogP contribution in [-0.2, 0) is 26.2 Å². The molecule has 3 aromatic rings. The average molecular weight is 581 g/mol. The maximum atomic E-state index is 14.1. The lowest BCUT2D eigenvalue weighted by molar-refractivity contribution is -0.384. The number of carbonyl (C=O) groups is 2. The van der Waals surface area contributed by atoms with Gasteiger partial charge in [0.2, 0.25) is 11.8 Å². The molecule has 11 heteroatoms. The third-order valence-corrected chi connectivity index (χ3v) is 8.23. The van der Waals surface area contributed by atoms with Crippen molar-refractivity contribution >= 4 is 33.2 Å². The van der Waals surface area contributed by atoms with Crippen LogP contribution in [0, 0.1) is 17.0 Å². The van der Waals surface area contributed by atoms with Gasteiger partial charge in [-0.2, -0.15) is 0 Å². The summed E-state index contributed by atoms with van der Waals surface area (Å²) in [5.41, 5.74) is 1.04. The zero-order chi connectivity index (χ0) is 30.4. The Morgan fingerprint density at radius 2 is 1.54 bits per heavy atom. The monoisotopic (exact) mass is 580 g/mol. The summed E-state index contributed by atoms with van der Waals surface area (Å²) >= 11 is 0. The number of carbonyl (C=O) groups excluding carboxylic acids is 2. The van der Waals surface area contributed by atoms with Crippen molar-refractivity contribution in [1.82, 2.24) is 10.2 Å². The molecule has 0 aliphatic rings. The molecule has 10 nitrogen and oxygen atoms in total. The number of amides is 2. The third-order valence-electron chi connectivity index (χ3n) is 6.44. The Hall–Kier alpha value is -4.25. The zero-order valence-corrected chi connectivity index (χ0v) is 24.7. The van der Waals surface area contributed by atoms with E-state index < -0.39 is 39.0 Å². The van der Waals surface area contributed by atoms with Gasteiger partial charge in [-0.1, -0.05) is 49.4 Å². The predicted molar refractivity (Wildman–Crippen MR) is 158 cm³/mol. The van der Waals surface area contributed by atoms with Crippen LogP contribution in [0.3, 0.4) is 0 Å². The van der Waals surface area contributed by atoms with Gasteiger partial charge < -0.3 is 10.2 Å². The summed E-state index contributed by atoms with van der Waals surface area (Å²) in [7, 11) is -4.26. The number of aryl methyl sites for hydroxylation is 1. The normalized spacial score (nSPS) is 12.3. The number of benzene rings is 3. The van der Waals surface area contributed by atoms with Crippen molar-refractivity contribution in [2.45, 2.75) is 64.1 Å². The van der Waals surface area contributed by atoms with Crippen molar-refractivity contribution in [2.24, 2.45) is 0 Å². The fourth-order valence-corrected chi connectivity index (χ4v) is 5.77. The third kappa shape index (κ3) is 7.91. The maximum absolute atomic E-state index is 14.1. The highest BCUT2D eigenvalue weighted by atomic mass is 32.2. The average Bonchev–Trinajstić information content (AvgIpc) is 2.92. The molecule has 0 saturated heterocycles. The smallest absolute Gasteiger partial charge is 0.269 e. The summed E-state index contributed by atoms with van der Waals surface area (Å²) < 4.78 is 28.6. The Morgan fingerprint density at radius 3 is 2.07 bits per heavy atom. The number of nitrogens with zero attached hydrogens (tertiary/aromatic N) is 3. The molecule has 3 aromatic carbocycles. The standard InChI is InChI=1S/C30H36N4O6S/c1-6-27(29(36)31-30(3,4)5)32(20-23-13-11-10-12-22(23)2)28(35)21-33(24-16-18-25(19-17-24)34(37)38)41(39,40)26-14-8-7-9-15-26/h7-19,27H,6,20-21H2,1-5H3,(H,31,36)/t27-/m1/s1. The second-order valence-electron chi connectivity index (χ2n) is 10.7. The van der Waals surface area contributed by atoms with Crippen LogP contribution in [0.4, 0.5) is 11.4 Å². The molecule has 0 fully saturated rings.